The van der Waals surface area contributed by atoms with E-state index in [9.17, 15) is 13.2 Å². The Bertz CT molecular complexity index is 875. The number of anilines is 1. The van der Waals surface area contributed by atoms with Crippen LogP contribution in [0.4, 0.5) is 19.1 Å². The Kier molecular flexibility index (Phi) is 3.96. The van der Waals surface area contributed by atoms with Crippen LogP contribution in [0.15, 0.2) is 42.5 Å². The standard InChI is InChI=1S/C16H14F3N3O2/c1-23-11-5-6-14-13(8-11)21-15(20)22(14)9-10-3-2-4-12(7-10)24-16(17,18)19/h2-8H,9H2,1H3,(H2,20,21). The first kappa shape index (κ1) is 16.0. The maximum Gasteiger partial charge on any atom is 0.573 e. The quantitative estimate of drug-likeness (QED) is 0.790. The fraction of sp³-hybridized carbons (Fsp3) is 0.188. The number of hydrogen-bond acceptors (Lipinski definition) is 4. The van der Waals surface area contributed by atoms with E-state index < -0.39 is 6.36 Å². The van der Waals surface area contributed by atoms with E-state index in [1.807, 2.05) is 0 Å². The molecule has 0 aliphatic heterocycles. The van der Waals surface area contributed by atoms with Gasteiger partial charge in [-0.15, -0.1) is 13.2 Å². The van der Waals surface area contributed by atoms with E-state index in [-0.39, 0.29) is 18.2 Å². The van der Waals surface area contributed by atoms with Gasteiger partial charge in [0.2, 0.25) is 5.95 Å². The first-order chi connectivity index (χ1) is 11.4. The van der Waals surface area contributed by atoms with E-state index in [0.717, 1.165) is 5.52 Å². The van der Waals surface area contributed by atoms with Crippen LogP contribution in [0.2, 0.25) is 0 Å². The summed E-state index contributed by atoms with van der Waals surface area (Å²) in [5, 5.41) is 0. The van der Waals surface area contributed by atoms with Crippen molar-refractivity contribution in [3.8, 4) is 11.5 Å². The van der Waals surface area contributed by atoms with Crippen molar-refractivity contribution in [1.29, 1.82) is 0 Å². The molecule has 0 radical (unpaired) electrons. The number of alkyl halides is 3. The molecule has 0 spiro atoms. The Morgan fingerprint density at radius 2 is 1.92 bits per heavy atom. The van der Waals surface area contributed by atoms with Crippen LogP contribution < -0.4 is 15.2 Å². The molecular weight excluding hydrogens is 323 g/mol. The Morgan fingerprint density at radius 1 is 1.12 bits per heavy atom. The average molecular weight is 337 g/mol. The van der Waals surface area contributed by atoms with Crippen molar-refractivity contribution in [2.75, 3.05) is 12.8 Å². The number of methoxy groups -OCH3 is 1. The molecule has 0 aliphatic rings. The molecule has 0 unspecified atom stereocenters. The van der Waals surface area contributed by atoms with Gasteiger partial charge < -0.3 is 19.8 Å². The topological polar surface area (TPSA) is 62.3 Å². The molecule has 0 aliphatic carbocycles. The third kappa shape index (κ3) is 3.37. The Labute approximate surface area is 135 Å². The number of nitrogens with zero attached hydrogens (tertiary/aromatic N) is 2. The number of nitrogens with two attached hydrogens (primary N) is 1. The van der Waals surface area contributed by atoms with Gasteiger partial charge in [0.1, 0.15) is 11.5 Å². The van der Waals surface area contributed by atoms with Gasteiger partial charge in [0.05, 0.1) is 24.7 Å². The molecule has 3 aromatic rings. The number of halogens is 3. The molecule has 1 heterocycles. The average Bonchev–Trinajstić information content (AvgIpc) is 2.81. The summed E-state index contributed by atoms with van der Waals surface area (Å²) in [7, 11) is 1.55. The Hall–Kier alpha value is -2.90. The zero-order chi connectivity index (χ0) is 17.3. The van der Waals surface area contributed by atoms with Gasteiger partial charge in [-0.3, -0.25) is 0 Å². The second-order valence-electron chi connectivity index (χ2n) is 5.11. The van der Waals surface area contributed by atoms with Crippen LogP contribution in [0, 0.1) is 0 Å². The minimum absolute atomic E-state index is 0.264. The number of ether oxygens (including phenoxy) is 2. The zero-order valence-electron chi connectivity index (χ0n) is 12.7. The second kappa shape index (κ2) is 5.95. The van der Waals surface area contributed by atoms with Gasteiger partial charge in [-0.05, 0) is 29.8 Å². The molecule has 0 amide bonds. The van der Waals surface area contributed by atoms with Gasteiger partial charge in [0.25, 0.3) is 0 Å². The highest BCUT2D eigenvalue weighted by Crippen LogP contribution is 2.26. The lowest BCUT2D eigenvalue weighted by Gasteiger charge is -2.11. The number of benzene rings is 2. The number of imidazole rings is 1. The first-order valence-electron chi connectivity index (χ1n) is 7.00. The lowest BCUT2D eigenvalue weighted by molar-refractivity contribution is -0.274. The van der Waals surface area contributed by atoms with Crippen LogP contribution in [-0.4, -0.2) is 23.0 Å². The number of aromatic nitrogens is 2. The summed E-state index contributed by atoms with van der Waals surface area (Å²) in [6, 6.07) is 11.1. The van der Waals surface area contributed by atoms with Crippen molar-refractivity contribution in [3.63, 3.8) is 0 Å². The van der Waals surface area contributed by atoms with E-state index in [0.29, 0.717) is 16.8 Å². The molecular formula is C16H14F3N3O2. The highest BCUT2D eigenvalue weighted by Gasteiger charge is 2.31. The normalized spacial score (nSPS) is 11.7. The summed E-state index contributed by atoms with van der Waals surface area (Å²) in [4.78, 5) is 4.25. The van der Waals surface area contributed by atoms with Crippen LogP contribution >= 0.6 is 0 Å². The summed E-state index contributed by atoms with van der Waals surface area (Å²) >= 11 is 0. The molecule has 0 bridgehead atoms. The molecule has 3 rings (SSSR count). The molecule has 5 nitrogen and oxygen atoms in total. The summed E-state index contributed by atoms with van der Waals surface area (Å²) in [5.74, 6) is 0.637. The van der Waals surface area contributed by atoms with Gasteiger partial charge in [0.15, 0.2) is 0 Å². The van der Waals surface area contributed by atoms with Gasteiger partial charge in [-0.2, -0.15) is 0 Å². The highest BCUT2D eigenvalue weighted by atomic mass is 19.4. The zero-order valence-corrected chi connectivity index (χ0v) is 12.7. The van der Waals surface area contributed by atoms with E-state index in [2.05, 4.69) is 9.72 Å². The summed E-state index contributed by atoms with van der Waals surface area (Å²) in [6.07, 6.45) is -4.73. The van der Waals surface area contributed by atoms with Crippen LogP contribution in [0.25, 0.3) is 11.0 Å². The molecule has 2 N–H and O–H groups in total. The van der Waals surface area contributed by atoms with Gasteiger partial charge in [-0.1, -0.05) is 12.1 Å². The maximum atomic E-state index is 12.3. The summed E-state index contributed by atoms with van der Waals surface area (Å²) in [6.45, 7) is 0.268. The van der Waals surface area contributed by atoms with E-state index in [1.54, 1.807) is 35.9 Å². The molecule has 1 aromatic heterocycles. The minimum Gasteiger partial charge on any atom is -0.497 e. The van der Waals surface area contributed by atoms with Crippen molar-refractivity contribution in [2.45, 2.75) is 12.9 Å². The van der Waals surface area contributed by atoms with Crippen LogP contribution in [0.5, 0.6) is 11.5 Å². The SMILES string of the molecule is COc1ccc2c(c1)nc(N)n2Cc1cccc(OC(F)(F)F)c1. The number of nitrogen functional groups attached to an aromatic ring is 1. The van der Waals surface area contributed by atoms with Crippen LogP contribution in [0.3, 0.4) is 0 Å². The van der Waals surface area contributed by atoms with Gasteiger partial charge in [0, 0.05) is 6.07 Å². The van der Waals surface area contributed by atoms with Gasteiger partial charge in [-0.25, -0.2) is 4.98 Å². The summed E-state index contributed by atoms with van der Waals surface area (Å²) < 4.78 is 47.8. The molecule has 0 saturated heterocycles. The highest BCUT2D eigenvalue weighted by molar-refractivity contribution is 5.80. The monoisotopic (exact) mass is 337 g/mol. The van der Waals surface area contributed by atoms with E-state index in [1.165, 1.54) is 18.2 Å². The van der Waals surface area contributed by atoms with Crippen LogP contribution in [-0.2, 0) is 6.54 Å². The predicted molar refractivity (Wildman–Crippen MR) is 82.9 cm³/mol. The third-order valence-electron chi connectivity index (χ3n) is 3.46. The molecule has 0 atom stereocenters. The van der Waals surface area contributed by atoms with Crippen molar-refractivity contribution in [3.05, 3.63) is 48.0 Å². The van der Waals surface area contributed by atoms with E-state index in [4.69, 9.17) is 10.5 Å². The number of rotatable bonds is 4. The van der Waals surface area contributed by atoms with Crippen LogP contribution in [0.1, 0.15) is 5.56 Å². The largest absolute Gasteiger partial charge is 0.573 e. The van der Waals surface area contributed by atoms with E-state index >= 15 is 0 Å². The van der Waals surface area contributed by atoms with Crippen molar-refractivity contribution < 1.29 is 22.6 Å². The fourth-order valence-electron chi connectivity index (χ4n) is 2.44. The second-order valence-corrected chi connectivity index (χ2v) is 5.11. The smallest absolute Gasteiger partial charge is 0.497 e. The fourth-order valence-corrected chi connectivity index (χ4v) is 2.44. The van der Waals surface area contributed by atoms with Gasteiger partial charge >= 0.3 is 6.36 Å². The molecule has 8 heteroatoms. The molecule has 2 aromatic carbocycles. The first-order valence-corrected chi connectivity index (χ1v) is 7.00. The lowest BCUT2D eigenvalue weighted by atomic mass is 10.2. The molecule has 0 saturated carbocycles. The molecule has 0 fully saturated rings. The number of hydrogen-bond donors (Lipinski definition) is 1. The number of fused-ring (bicyclic) bond motifs is 1. The Balaban J connectivity index is 1.92. The van der Waals surface area contributed by atoms with Crippen molar-refractivity contribution in [2.24, 2.45) is 0 Å². The van der Waals surface area contributed by atoms with Crippen molar-refractivity contribution in [1.82, 2.24) is 9.55 Å². The lowest BCUT2D eigenvalue weighted by Crippen LogP contribution is -2.17. The maximum absolute atomic E-state index is 12.3. The minimum atomic E-state index is -4.73. The molecule has 24 heavy (non-hydrogen) atoms. The van der Waals surface area contributed by atoms with Crippen molar-refractivity contribution >= 4 is 17.0 Å². The third-order valence-corrected chi connectivity index (χ3v) is 3.46. The summed E-state index contributed by atoms with van der Waals surface area (Å²) in [5.41, 5.74) is 7.95. The predicted octanol–water partition coefficient (Wildman–Crippen LogP) is 3.57. The molecule has 126 valence electrons. The Morgan fingerprint density at radius 3 is 2.62 bits per heavy atom.